The summed E-state index contributed by atoms with van der Waals surface area (Å²) in [7, 11) is 1.59. The summed E-state index contributed by atoms with van der Waals surface area (Å²) < 4.78 is 10.7. The van der Waals surface area contributed by atoms with Crippen molar-refractivity contribution in [1.82, 2.24) is 10.3 Å². The number of aromatic nitrogens is 1. The fourth-order valence-corrected chi connectivity index (χ4v) is 1.98. The van der Waals surface area contributed by atoms with Gasteiger partial charge in [0.05, 0.1) is 19.8 Å². The number of aliphatic imine (C=N–C) groups is 1. The van der Waals surface area contributed by atoms with E-state index < -0.39 is 0 Å². The van der Waals surface area contributed by atoms with Crippen molar-refractivity contribution < 1.29 is 9.47 Å². The molecule has 0 aliphatic carbocycles. The lowest BCUT2D eigenvalue weighted by Crippen LogP contribution is -2.37. The second-order valence-electron chi connectivity index (χ2n) is 4.39. The third-order valence-electron chi connectivity index (χ3n) is 3.00. The molecule has 6 nitrogen and oxygen atoms in total. The summed E-state index contributed by atoms with van der Waals surface area (Å²) in [6, 6.07) is 3.77. The first-order valence-corrected chi connectivity index (χ1v) is 6.43. The molecule has 19 heavy (non-hydrogen) atoms. The zero-order chi connectivity index (χ0) is 13.5. The molecule has 0 radical (unpaired) electrons. The first kappa shape index (κ1) is 13.6. The fourth-order valence-electron chi connectivity index (χ4n) is 1.98. The van der Waals surface area contributed by atoms with E-state index in [0.717, 1.165) is 25.0 Å². The molecule has 1 aromatic heterocycles. The van der Waals surface area contributed by atoms with E-state index in [1.165, 1.54) is 0 Å². The topological polar surface area (TPSA) is 81.8 Å². The van der Waals surface area contributed by atoms with Crippen molar-refractivity contribution >= 4 is 5.96 Å². The molecule has 104 valence electrons. The van der Waals surface area contributed by atoms with Gasteiger partial charge in [-0.1, -0.05) is 6.07 Å². The van der Waals surface area contributed by atoms with E-state index in [0.29, 0.717) is 24.9 Å². The van der Waals surface area contributed by atoms with E-state index in [9.17, 15) is 0 Å². The lowest BCUT2D eigenvalue weighted by atomic mass is 10.2. The normalized spacial score (nSPS) is 19.4. The van der Waals surface area contributed by atoms with E-state index >= 15 is 0 Å². The number of ether oxygens (including phenoxy) is 2. The predicted octanol–water partition coefficient (Wildman–Crippen LogP) is 0.673. The number of hydrogen-bond donors (Lipinski definition) is 2. The standard InChI is InChI=1S/C13H20N4O2/c1-18-12-10(4-2-6-15-12)8-16-13(14)17-9-11-5-3-7-19-11/h2,4,6,11H,3,5,7-9H2,1H3,(H3,14,16,17). The molecule has 3 N–H and O–H groups in total. The highest BCUT2D eigenvalue weighted by Gasteiger charge is 2.14. The summed E-state index contributed by atoms with van der Waals surface area (Å²) in [6.45, 7) is 2.00. The number of rotatable bonds is 5. The van der Waals surface area contributed by atoms with Gasteiger partial charge in [-0.15, -0.1) is 0 Å². The second kappa shape index (κ2) is 6.94. The number of guanidine groups is 1. The van der Waals surface area contributed by atoms with E-state index in [4.69, 9.17) is 15.2 Å². The minimum absolute atomic E-state index is 0.252. The molecule has 2 rings (SSSR count). The zero-order valence-electron chi connectivity index (χ0n) is 11.1. The lowest BCUT2D eigenvalue weighted by Gasteiger charge is -2.11. The van der Waals surface area contributed by atoms with Crippen LogP contribution in [0.1, 0.15) is 18.4 Å². The van der Waals surface area contributed by atoms with E-state index in [1.807, 2.05) is 12.1 Å². The summed E-state index contributed by atoms with van der Waals surface area (Å²) in [4.78, 5) is 8.38. The zero-order valence-corrected chi connectivity index (χ0v) is 11.1. The van der Waals surface area contributed by atoms with Gasteiger partial charge in [0, 0.05) is 24.9 Å². The quantitative estimate of drug-likeness (QED) is 0.603. The SMILES string of the molecule is COc1ncccc1CN=C(N)NCC1CCCO1. The van der Waals surface area contributed by atoms with Crippen LogP contribution >= 0.6 is 0 Å². The van der Waals surface area contributed by atoms with Gasteiger partial charge in [-0.05, 0) is 18.9 Å². The third kappa shape index (κ3) is 4.10. The van der Waals surface area contributed by atoms with Crippen molar-refractivity contribution in [1.29, 1.82) is 0 Å². The number of nitrogens with one attached hydrogen (secondary N) is 1. The molecule has 1 aromatic rings. The van der Waals surface area contributed by atoms with Gasteiger partial charge in [0.25, 0.3) is 0 Å². The molecule has 1 unspecified atom stereocenters. The summed E-state index contributed by atoms with van der Waals surface area (Å²) in [6.07, 6.45) is 4.14. The first-order chi connectivity index (χ1) is 9.29. The molecule has 1 saturated heterocycles. The second-order valence-corrected chi connectivity index (χ2v) is 4.39. The number of methoxy groups -OCH3 is 1. The van der Waals surface area contributed by atoms with Crippen LogP contribution in [-0.2, 0) is 11.3 Å². The average molecular weight is 264 g/mol. The highest BCUT2D eigenvalue weighted by Crippen LogP contribution is 2.14. The highest BCUT2D eigenvalue weighted by atomic mass is 16.5. The molecule has 0 amide bonds. The molecule has 1 aliphatic rings. The number of hydrogen-bond acceptors (Lipinski definition) is 4. The lowest BCUT2D eigenvalue weighted by molar-refractivity contribution is 0.114. The summed E-state index contributed by atoms with van der Waals surface area (Å²) in [5.41, 5.74) is 6.72. The molecule has 1 atom stereocenters. The highest BCUT2D eigenvalue weighted by molar-refractivity contribution is 5.77. The number of nitrogens with zero attached hydrogens (tertiary/aromatic N) is 2. The molecule has 0 spiro atoms. The van der Waals surface area contributed by atoms with Crippen LogP contribution in [0, 0.1) is 0 Å². The Morgan fingerprint density at radius 3 is 3.32 bits per heavy atom. The minimum Gasteiger partial charge on any atom is -0.481 e. The average Bonchev–Trinajstić information content (AvgIpc) is 2.96. The van der Waals surface area contributed by atoms with Gasteiger partial charge < -0.3 is 20.5 Å². The molecular weight excluding hydrogens is 244 g/mol. The van der Waals surface area contributed by atoms with Crippen molar-refractivity contribution in [2.45, 2.75) is 25.5 Å². The molecule has 1 aliphatic heterocycles. The van der Waals surface area contributed by atoms with Gasteiger partial charge >= 0.3 is 0 Å². The third-order valence-corrected chi connectivity index (χ3v) is 3.00. The molecule has 2 heterocycles. The Balaban J connectivity index is 1.83. The van der Waals surface area contributed by atoms with Crippen LogP contribution in [0.15, 0.2) is 23.3 Å². The van der Waals surface area contributed by atoms with Gasteiger partial charge in [-0.2, -0.15) is 0 Å². The fraction of sp³-hybridized carbons (Fsp3) is 0.538. The summed E-state index contributed by atoms with van der Waals surface area (Å²) >= 11 is 0. The Labute approximate surface area is 113 Å². The van der Waals surface area contributed by atoms with Gasteiger partial charge in [0.1, 0.15) is 0 Å². The van der Waals surface area contributed by atoms with E-state index in [2.05, 4.69) is 15.3 Å². The Morgan fingerprint density at radius 1 is 1.68 bits per heavy atom. The Morgan fingerprint density at radius 2 is 2.58 bits per heavy atom. The molecular formula is C13H20N4O2. The minimum atomic E-state index is 0.252. The Kier molecular flexibility index (Phi) is 4.97. The van der Waals surface area contributed by atoms with Crippen LogP contribution in [0.2, 0.25) is 0 Å². The van der Waals surface area contributed by atoms with Crippen LogP contribution in [0.3, 0.4) is 0 Å². The van der Waals surface area contributed by atoms with Crippen LogP contribution < -0.4 is 15.8 Å². The molecule has 6 heteroatoms. The van der Waals surface area contributed by atoms with Crippen molar-refractivity contribution in [3.05, 3.63) is 23.9 Å². The van der Waals surface area contributed by atoms with Gasteiger partial charge in [-0.3, -0.25) is 0 Å². The predicted molar refractivity (Wildman–Crippen MR) is 73.1 cm³/mol. The Bertz CT molecular complexity index is 430. The number of nitrogens with two attached hydrogens (primary N) is 1. The summed E-state index contributed by atoms with van der Waals surface area (Å²) in [5, 5.41) is 3.07. The van der Waals surface area contributed by atoms with Crippen LogP contribution in [0.25, 0.3) is 0 Å². The monoisotopic (exact) mass is 264 g/mol. The van der Waals surface area contributed by atoms with Crippen molar-refractivity contribution in [2.24, 2.45) is 10.7 Å². The molecule has 0 aromatic carbocycles. The summed E-state index contributed by atoms with van der Waals surface area (Å²) in [5.74, 6) is 1.000. The van der Waals surface area contributed by atoms with Crippen LogP contribution in [0.4, 0.5) is 0 Å². The molecule has 1 fully saturated rings. The maximum Gasteiger partial charge on any atom is 0.218 e. The van der Waals surface area contributed by atoms with Crippen LogP contribution in [0.5, 0.6) is 5.88 Å². The van der Waals surface area contributed by atoms with Gasteiger partial charge in [-0.25, -0.2) is 9.98 Å². The largest absolute Gasteiger partial charge is 0.481 e. The molecule has 0 bridgehead atoms. The smallest absolute Gasteiger partial charge is 0.218 e. The van der Waals surface area contributed by atoms with Gasteiger partial charge in [0.2, 0.25) is 5.88 Å². The van der Waals surface area contributed by atoms with Crippen molar-refractivity contribution in [2.75, 3.05) is 20.3 Å². The van der Waals surface area contributed by atoms with Gasteiger partial charge in [0.15, 0.2) is 5.96 Å². The van der Waals surface area contributed by atoms with Crippen molar-refractivity contribution in [3.8, 4) is 5.88 Å². The Hall–Kier alpha value is -1.82. The number of pyridine rings is 1. The molecule has 0 saturated carbocycles. The maximum atomic E-state index is 5.81. The van der Waals surface area contributed by atoms with Crippen molar-refractivity contribution in [3.63, 3.8) is 0 Å². The first-order valence-electron chi connectivity index (χ1n) is 6.43. The van der Waals surface area contributed by atoms with Crippen LogP contribution in [-0.4, -0.2) is 37.3 Å². The van der Waals surface area contributed by atoms with E-state index in [-0.39, 0.29) is 6.10 Å². The maximum absolute atomic E-state index is 5.81. The van der Waals surface area contributed by atoms with E-state index in [1.54, 1.807) is 13.3 Å².